The molecule has 0 bridgehead atoms. The van der Waals surface area contributed by atoms with Crippen molar-refractivity contribution in [1.29, 1.82) is 0 Å². The van der Waals surface area contributed by atoms with Crippen molar-refractivity contribution in [1.82, 2.24) is 9.47 Å². The van der Waals surface area contributed by atoms with Crippen molar-refractivity contribution in [2.24, 2.45) is 0 Å². The molecule has 1 aliphatic rings. The molecule has 0 radical (unpaired) electrons. The first kappa shape index (κ1) is 17.5. The van der Waals surface area contributed by atoms with Crippen LogP contribution in [-0.4, -0.2) is 17.7 Å². The molecule has 1 aliphatic heterocycles. The second kappa shape index (κ2) is 7.02. The number of ether oxygens (including phenoxy) is 2. The topological polar surface area (TPSA) is 48.4 Å². The Morgan fingerprint density at radius 3 is 2.70 bits per heavy atom. The molecule has 1 aromatic heterocycles. The number of nitrogens with zero attached hydrogens (tertiary/aromatic N) is 2. The molecule has 0 spiro atoms. The van der Waals surface area contributed by atoms with Crippen LogP contribution >= 0.6 is 11.6 Å². The van der Waals surface area contributed by atoms with Gasteiger partial charge in [0, 0.05) is 35.6 Å². The summed E-state index contributed by atoms with van der Waals surface area (Å²) in [6.45, 7) is 2.40. The van der Waals surface area contributed by atoms with E-state index < -0.39 is 6.09 Å². The van der Waals surface area contributed by atoms with Crippen LogP contribution in [0.3, 0.4) is 0 Å². The van der Waals surface area contributed by atoms with Crippen LogP contribution in [-0.2, 0) is 11.3 Å². The number of fused-ring (bicyclic) bond motifs is 2. The molecule has 0 saturated heterocycles. The van der Waals surface area contributed by atoms with Crippen LogP contribution in [0, 0.1) is 0 Å². The minimum absolute atomic E-state index is 0.191. The maximum Gasteiger partial charge on any atom is 0.526 e. The van der Waals surface area contributed by atoms with E-state index in [4.69, 9.17) is 21.1 Å². The molecule has 27 heavy (non-hydrogen) atoms. The number of hydrogen-bond acceptors (Lipinski definition) is 4. The highest BCUT2D eigenvalue weighted by Crippen LogP contribution is 2.49. The molecule has 0 aliphatic carbocycles. The summed E-state index contributed by atoms with van der Waals surface area (Å²) in [5.74, 6) is 1.27. The Balaban J connectivity index is 2.06. The second-order valence-corrected chi connectivity index (χ2v) is 6.63. The van der Waals surface area contributed by atoms with E-state index in [2.05, 4.69) is 4.98 Å². The molecular formula is C21H18ClN2O3+. The number of carbonyl (C=O) groups is 1. The Kier molecular flexibility index (Phi) is 4.56. The lowest BCUT2D eigenvalue weighted by atomic mass is 10.1. The normalized spacial score (nSPS) is 17.9. The molecule has 4 rings (SSSR count). The Morgan fingerprint density at radius 1 is 1.15 bits per heavy atom. The zero-order chi connectivity index (χ0) is 18.9. The number of rotatable bonds is 2. The van der Waals surface area contributed by atoms with Gasteiger partial charge in [0.05, 0.1) is 12.2 Å². The molecule has 6 heteroatoms. The standard InChI is InChI=1S/C21H18ClN2O3/c1-2-26-21(25)24(17-9-11-23-12-10-17)14-15-5-3-4-6-19(15)27-20-8-7-16(22)13-18(20)24/h3-13H,2,14H2,1H3/q+1. The summed E-state index contributed by atoms with van der Waals surface area (Å²) in [6.07, 6.45) is 2.93. The van der Waals surface area contributed by atoms with Gasteiger partial charge in [-0.25, -0.2) is 0 Å². The molecular weight excluding hydrogens is 364 g/mol. The highest BCUT2D eigenvalue weighted by atomic mass is 35.5. The molecule has 3 aromatic rings. The summed E-state index contributed by atoms with van der Waals surface area (Å²) in [4.78, 5) is 17.5. The highest BCUT2D eigenvalue weighted by molar-refractivity contribution is 6.31. The average Bonchev–Trinajstić information content (AvgIpc) is 2.84. The van der Waals surface area contributed by atoms with Gasteiger partial charge in [0.2, 0.25) is 0 Å². The number of para-hydroxylation sites is 1. The van der Waals surface area contributed by atoms with Crippen LogP contribution in [0.5, 0.6) is 11.5 Å². The maximum atomic E-state index is 13.4. The van der Waals surface area contributed by atoms with Crippen molar-refractivity contribution in [2.45, 2.75) is 13.5 Å². The van der Waals surface area contributed by atoms with E-state index >= 15 is 0 Å². The molecule has 136 valence electrons. The molecule has 5 nitrogen and oxygen atoms in total. The summed E-state index contributed by atoms with van der Waals surface area (Å²) in [6, 6.07) is 16.6. The quantitative estimate of drug-likeness (QED) is 0.523. The number of benzene rings is 2. The minimum atomic E-state index is -0.396. The predicted octanol–water partition coefficient (Wildman–Crippen LogP) is 5.84. The van der Waals surface area contributed by atoms with Gasteiger partial charge in [0.1, 0.15) is 12.3 Å². The van der Waals surface area contributed by atoms with Crippen LogP contribution in [0.1, 0.15) is 12.5 Å². The lowest BCUT2D eigenvalue weighted by Crippen LogP contribution is -2.49. The Hall–Kier alpha value is -2.89. The van der Waals surface area contributed by atoms with E-state index in [9.17, 15) is 4.79 Å². The second-order valence-electron chi connectivity index (χ2n) is 6.19. The van der Waals surface area contributed by atoms with Crippen LogP contribution in [0.4, 0.5) is 16.2 Å². The molecule has 1 amide bonds. The number of hydrogen-bond donors (Lipinski definition) is 0. The first-order valence-corrected chi connectivity index (χ1v) is 9.05. The van der Waals surface area contributed by atoms with E-state index in [-0.39, 0.29) is 11.1 Å². The molecule has 2 heterocycles. The number of halogens is 1. The van der Waals surface area contributed by atoms with Crippen LogP contribution in [0.2, 0.25) is 5.02 Å². The van der Waals surface area contributed by atoms with Crippen molar-refractivity contribution in [3.63, 3.8) is 0 Å². The van der Waals surface area contributed by atoms with Gasteiger partial charge in [0.15, 0.2) is 17.1 Å². The predicted molar refractivity (Wildman–Crippen MR) is 104 cm³/mol. The smallest absolute Gasteiger partial charge is 0.451 e. The lowest BCUT2D eigenvalue weighted by molar-refractivity contribution is 0.123. The molecule has 0 N–H and O–H groups in total. The van der Waals surface area contributed by atoms with Crippen LogP contribution < -0.4 is 9.22 Å². The third-order valence-electron chi connectivity index (χ3n) is 4.62. The zero-order valence-corrected chi connectivity index (χ0v) is 15.5. The summed E-state index contributed by atoms with van der Waals surface area (Å²) in [7, 11) is 0. The van der Waals surface area contributed by atoms with Gasteiger partial charge in [-0.05, 0) is 31.2 Å². The summed E-state index contributed by atoms with van der Waals surface area (Å²) in [5.41, 5.74) is 2.25. The molecule has 0 saturated carbocycles. The fourth-order valence-electron chi connectivity index (χ4n) is 3.40. The largest absolute Gasteiger partial charge is 0.526 e. The van der Waals surface area contributed by atoms with Gasteiger partial charge in [-0.2, -0.15) is 9.28 Å². The fraction of sp³-hybridized carbons (Fsp3) is 0.143. The lowest BCUT2D eigenvalue weighted by Gasteiger charge is -2.32. The SMILES string of the molecule is CCOC(=O)[N+]1(c2ccncc2)Cc2ccccc2Oc2ccc(Cl)cc21. The molecule has 1 atom stereocenters. The summed E-state index contributed by atoms with van der Waals surface area (Å²) >= 11 is 6.31. The minimum Gasteiger partial charge on any atom is -0.451 e. The maximum absolute atomic E-state index is 13.4. The summed E-state index contributed by atoms with van der Waals surface area (Å²) in [5, 5.41) is 0.518. The third-order valence-corrected chi connectivity index (χ3v) is 4.85. The first-order valence-electron chi connectivity index (χ1n) is 8.67. The van der Waals surface area contributed by atoms with E-state index in [0.717, 1.165) is 11.3 Å². The van der Waals surface area contributed by atoms with Crippen molar-refractivity contribution in [2.75, 3.05) is 6.61 Å². The van der Waals surface area contributed by atoms with Crippen LogP contribution in [0.25, 0.3) is 0 Å². The van der Waals surface area contributed by atoms with E-state index in [0.29, 0.717) is 28.8 Å². The van der Waals surface area contributed by atoms with E-state index in [1.54, 1.807) is 37.5 Å². The van der Waals surface area contributed by atoms with Gasteiger partial charge in [0.25, 0.3) is 0 Å². The van der Waals surface area contributed by atoms with Gasteiger partial charge >= 0.3 is 6.09 Å². The third kappa shape index (κ3) is 2.95. The number of pyridine rings is 1. The fourth-order valence-corrected chi connectivity index (χ4v) is 3.57. The van der Waals surface area contributed by atoms with Crippen LogP contribution in [0.15, 0.2) is 67.0 Å². The monoisotopic (exact) mass is 381 g/mol. The van der Waals surface area contributed by atoms with Gasteiger partial charge in [-0.15, -0.1) is 0 Å². The molecule has 0 fully saturated rings. The average molecular weight is 382 g/mol. The number of aromatic nitrogens is 1. The Bertz CT molecular complexity index is 994. The Morgan fingerprint density at radius 2 is 1.93 bits per heavy atom. The van der Waals surface area contributed by atoms with E-state index in [1.807, 2.05) is 36.4 Å². The summed E-state index contributed by atoms with van der Waals surface area (Å²) < 4.78 is 11.5. The first-order chi connectivity index (χ1) is 13.1. The van der Waals surface area contributed by atoms with Gasteiger partial charge in [-0.1, -0.05) is 23.7 Å². The zero-order valence-electron chi connectivity index (χ0n) is 14.8. The van der Waals surface area contributed by atoms with Crippen molar-refractivity contribution >= 4 is 29.1 Å². The van der Waals surface area contributed by atoms with Crippen molar-refractivity contribution in [3.05, 3.63) is 77.6 Å². The van der Waals surface area contributed by atoms with Crippen molar-refractivity contribution < 1.29 is 14.3 Å². The molecule has 2 aromatic carbocycles. The number of amides is 1. The molecule has 1 unspecified atom stereocenters. The Labute approximate surface area is 162 Å². The number of quaternary nitrogens is 1. The van der Waals surface area contributed by atoms with Gasteiger partial charge < -0.3 is 9.47 Å². The van der Waals surface area contributed by atoms with Crippen molar-refractivity contribution in [3.8, 4) is 11.5 Å². The number of carbonyl (C=O) groups excluding carboxylic acids is 1. The van der Waals surface area contributed by atoms with Gasteiger partial charge in [-0.3, -0.25) is 4.98 Å². The highest BCUT2D eigenvalue weighted by Gasteiger charge is 2.48. The van der Waals surface area contributed by atoms with E-state index in [1.165, 1.54) is 0 Å².